The Morgan fingerprint density at radius 1 is 1.12 bits per heavy atom. The second kappa shape index (κ2) is 13.4. The molecule has 0 saturated carbocycles. The van der Waals surface area contributed by atoms with Crippen molar-refractivity contribution >= 4 is 25.7 Å². The number of alkyl halides is 2. The van der Waals surface area contributed by atoms with Gasteiger partial charge in [0.1, 0.15) is 5.69 Å². The Balaban J connectivity index is 1.66. The number of benzene rings is 1. The largest absolute Gasteiger partial charge is 0.355 e. The summed E-state index contributed by atoms with van der Waals surface area (Å²) in [6.07, 6.45) is 4.35. The number of carbonyl (C=O) groups excluding carboxylic acids is 1. The summed E-state index contributed by atoms with van der Waals surface area (Å²) in [4.78, 5) is 28.4. The molecule has 0 aliphatic carbocycles. The number of nitrogens with one attached hydrogen (secondary N) is 3. The molecule has 0 bridgehead atoms. The average Bonchev–Trinajstić information content (AvgIpc) is 2.79. The fourth-order valence-corrected chi connectivity index (χ4v) is 3.65. The van der Waals surface area contributed by atoms with E-state index < -0.39 is 19.7 Å². The molecule has 0 radical (unpaired) electrons. The van der Waals surface area contributed by atoms with Gasteiger partial charge >= 0.3 is 0 Å². The highest BCUT2D eigenvalue weighted by molar-refractivity contribution is 7.68. The summed E-state index contributed by atoms with van der Waals surface area (Å²) in [7, 11) is -0.761. The monoisotopic (exact) mass is 465 g/mol. The molecule has 10 heteroatoms. The second-order valence-electron chi connectivity index (χ2n) is 7.27. The number of pyridine rings is 1. The van der Waals surface area contributed by atoms with Gasteiger partial charge in [0, 0.05) is 32.8 Å². The van der Waals surface area contributed by atoms with E-state index in [1.54, 1.807) is 24.4 Å². The van der Waals surface area contributed by atoms with Crippen molar-refractivity contribution in [3.05, 3.63) is 59.4 Å². The third kappa shape index (κ3) is 9.14. The predicted octanol–water partition coefficient (Wildman–Crippen LogP) is 3.41. The van der Waals surface area contributed by atoms with Gasteiger partial charge in [-0.05, 0) is 55.8 Å². The molecule has 1 aromatic heterocycles. The van der Waals surface area contributed by atoms with E-state index in [-0.39, 0.29) is 0 Å². The van der Waals surface area contributed by atoms with Crippen LogP contribution < -0.4 is 15.7 Å². The molecule has 0 fully saturated rings. The number of aliphatic imine (C=N–C) groups is 1. The van der Waals surface area contributed by atoms with Crippen molar-refractivity contribution in [3.8, 4) is 0 Å². The lowest BCUT2D eigenvalue weighted by atomic mass is 10.1. The van der Waals surface area contributed by atoms with Gasteiger partial charge in [-0.1, -0.05) is 18.2 Å². The van der Waals surface area contributed by atoms with Gasteiger partial charge < -0.3 is 15.5 Å². The van der Waals surface area contributed by atoms with Crippen LogP contribution in [0, 0.1) is 0 Å². The zero-order valence-electron chi connectivity index (χ0n) is 18.3. The normalized spacial score (nSPS) is 13.2. The van der Waals surface area contributed by atoms with Gasteiger partial charge in [0.2, 0.25) is 0 Å². The number of hydrogen-bond acceptors (Lipinski definition) is 7. The Labute approximate surface area is 188 Å². The first-order valence-electron chi connectivity index (χ1n) is 10.4. The predicted molar refractivity (Wildman–Crippen MR) is 125 cm³/mol. The Morgan fingerprint density at radius 3 is 2.41 bits per heavy atom. The van der Waals surface area contributed by atoms with E-state index >= 15 is 0 Å². The number of carbonyl (C=O) groups is 1. The van der Waals surface area contributed by atoms with Gasteiger partial charge in [0.15, 0.2) is 20.0 Å². The van der Waals surface area contributed by atoms with Crippen molar-refractivity contribution in [2.45, 2.75) is 32.2 Å². The fourth-order valence-electron chi connectivity index (χ4n) is 2.85. The number of aromatic nitrogens is 1. The fraction of sp³-hybridized carbons (Fsp3) is 0.409. The standard InChI is InChI=1S/C22H30F2N5O2P/c1-22(23,24)21(32(31)25-2)29-19-8-5-18(6-9-19)14-27-13-12-26-11-3-4-17-7-10-20(16-30)28-15-17/h5-10,15-16,25-27,31H,3-4,11-14H2,1-2H3. The molecule has 1 heterocycles. The molecule has 0 spiro atoms. The van der Waals surface area contributed by atoms with E-state index in [1.165, 1.54) is 7.05 Å². The van der Waals surface area contributed by atoms with Gasteiger partial charge in [-0.3, -0.25) is 14.9 Å². The number of nitrogens with zero attached hydrogens (tertiary/aromatic N) is 2. The molecule has 4 N–H and O–H groups in total. The van der Waals surface area contributed by atoms with Crippen molar-refractivity contribution in [1.29, 1.82) is 0 Å². The molecule has 2 rings (SSSR count). The molecular formula is C22H30F2N5O2P. The summed E-state index contributed by atoms with van der Waals surface area (Å²) in [6, 6.07) is 10.6. The van der Waals surface area contributed by atoms with Crippen LogP contribution in [0.2, 0.25) is 0 Å². The van der Waals surface area contributed by atoms with E-state index in [0.717, 1.165) is 56.8 Å². The number of halogens is 2. The maximum Gasteiger partial charge on any atom is 0.290 e. The van der Waals surface area contributed by atoms with Crippen LogP contribution in [0.4, 0.5) is 14.5 Å². The topological polar surface area (TPSA) is 98.6 Å². The number of aryl methyl sites for hydroxylation is 1. The van der Waals surface area contributed by atoms with Gasteiger partial charge in [0.25, 0.3) is 5.92 Å². The van der Waals surface area contributed by atoms with Crippen molar-refractivity contribution < 1.29 is 18.5 Å². The summed E-state index contributed by atoms with van der Waals surface area (Å²) in [6.45, 7) is 3.88. The zero-order valence-corrected chi connectivity index (χ0v) is 19.2. The van der Waals surface area contributed by atoms with Gasteiger partial charge in [-0.25, -0.2) is 4.99 Å². The Hall–Kier alpha value is -2.16. The molecule has 2 aromatic rings. The molecule has 1 aromatic carbocycles. The van der Waals surface area contributed by atoms with Gasteiger partial charge in [-0.15, -0.1) is 0 Å². The molecule has 1 atom stereocenters. The summed E-state index contributed by atoms with van der Waals surface area (Å²) in [5.74, 6) is -3.20. The number of hydrogen-bond donors (Lipinski definition) is 4. The Kier molecular flexibility index (Phi) is 10.9. The zero-order chi connectivity index (χ0) is 23.4. The highest BCUT2D eigenvalue weighted by Crippen LogP contribution is 2.37. The summed E-state index contributed by atoms with van der Waals surface area (Å²) < 4.78 is 27.4. The van der Waals surface area contributed by atoms with E-state index in [9.17, 15) is 18.5 Å². The van der Waals surface area contributed by atoms with Crippen molar-refractivity contribution in [2.24, 2.45) is 4.99 Å². The minimum absolute atomic E-state index is 0.375. The van der Waals surface area contributed by atoms with Crippen LogP contribution in [0.3, 0.4) is 0 Å². The van der Waals surface area contributed by atoms with E-state index in [4.69, 9.17) is 0 Å². The first-order chi connectivity index (χ1) is 15.3. The van der Waals surface area contributed by atoms with Crippen molar-refractivity contribution in [1.82, 2.24) is 20.7 Å². The highest BCUT2D eigenvalue weighted by Gasteiger charge is 2.35. The lowest BCUT2D eigenvalue weighted by molar-refractivity contribution is 0.103. The van der Waals surface area contributed by atoms with E-state index in [0.29, 0.717) is 17.9 Å². The highest BCUT2D eigenvalue weighted by atomic mass is 31.2. The van der Waals surface area contributed by atoms with Crippen LogP contribution in [0.5, 0.6) is 0 Å². The van der Waals surface area contributed by atoms with Gasteiger partial charge in [0.05, 0.1) is 5.69 Å². The minimum atomic E-state index is -3.20. The third-order valence-electron chi connectivity index (χ3n) is 4.57. The molecule has 7 nitrogen and oxygen atoms in total. The number of aldehydes is 1. The number of rotatable bonds is 14. The third-order valence-corrected chi connectivity index (χ3v) is 5.89. The van der Waals surface area contributed by atoms with E-state index in [2.05, 4.69) is 25.7 Å². The quantitative estimate of drug-likeness (QED) is 0.148. The lowest BCUT2D eigenvalue weighted by Gasteiger charge is -2.18. The minimum Gasteiger partial charge on any atom is -0.355 e. The second-order valence-corrected chi connectivity index (χ2v) is 8.76. The summed E-state index contributed by atoms with van der Waals surface area (Å²) >= 11 is 0. The summed E-state index contributed by atoms with van der Waals surface area (Å²) in [5, 5.41) is 9.14. The van der Waals surface area contributed by atoms with Gasteiger partial charge in [-0.2, -0.15) is 8.78 Å². The van der Waals surface area contributed by atoms with E-state index in [1.807, 2.05) is 18.2 Å². The molecule has 0 amide bonds. The van der Waals surface area contributed by atoms with Crippen LogP contribution in [-0.4, -0.2) is 54.2 Å². The summed E-state index contributed by atoms with van der Waals surface area (Å²) in [5.41, 5.74) is 2.39. The Bertz CT molecular complexity index is 858. The van der Waals surface area contributed by atoms with Crippen molar-refractivity contribution in [2.75, 3.05) is 26.7 Å². The van der Waals surface area contributed by atoms with Crippen molar-refractivity contribution in [3.63, 3.8) is 0 Å². The first-order valence-corrected chi connectivity index (χ1v) is 11.7. The Morgan fingerprint density at radius 2 is 1.81 bits per heavy atom. The lowest BCUT2D eigenvalue weighted by Crippen LogP contribution is -2.27. The molecule has 32 heavy (non-hydrogen) atoms. The molecule has 1 unspecified atom stereocenters. The van der Waals surface area contributed by atoms with Crippen LogP contribution in [0.1, 0.15) is 35.0 Å². The SMILES string of the molecule is CNP(O)C(=Nc1ccc(CNCCNCCCc2ccc(C=O)nc2)cc1)C(C)(F)F. The smallest absolute Gasteiger partial charge is 0.290 e. The molecule has 174 valence electrons. The first kappa shape index (κ1) is 26.1. The maximum atomic E-state index is 13.7. The van der Waals surface area contributed by atoms with Crippen LogP contribution in [-0.2, 0) is 13.0 Å². The maximum absolute atomic E-state index is 13.7. The molecular weight excluding hydrogens is 435 g/mol. The van der Waals surface area contributed by atoms with Crippen LogP contribution in [0.25, 0.3) is 0 Å². The van der Waals surface area contributed by atoms with Crippen LogP contribution >= 0.6 is 8.30 Å². The van der Waals surface area contributed by atoms with Crippen LogP contribution in [0.15, 0.2) is 47.6 Å². The molecule has 0 aliphatic rings. The molecule has 0 aliphatic heterocycles. The molecule has 0 saturated heterocycles. The average molecular weight is 465 g/mol.